The molecule has 0 aliphatic carbocycles. The van der Waals surface area contributed by atoms with Crippen molar-refractivity contribution in [2.75, 3.05) is 6.61 Å². The second-order valence-corrected chi connectivity index (χ2v) is 10.7. The fourth-order valence-electron chi connectivity index (χ4n) is 4.72. The van der Waals surface area contributed by atoms with Gasteiger partial charge >= 0.3 is 0 Å². The predicted molar refractivity (Wildman–Crippen MR) is 163 cm³/mol. The van der Waals surface area contributed by atoms with Crippen molar-refractivity contribution in [2.24, 2.45) is 0 Å². The lowest BCUT2D eigenvalue weighted by Gasteiger charge is -2.09. The molecule has 0 unspecified atom stereocenters. The lowest BCUT2D eigenvalue weighted by molar-refractivity contribution is 0.300. The molecule has 0 spiro atoms. The molecule has 2 aromatic carbocycles. The minimum absolute atomic E-state index is 0.529. The number of ether oxygens (including phenoxy) is 2. The van der Waals surface area contributed by atoms with Crippen LogP contribution in [0.2, 0.25) is 0 Å². The van der Waals surface area contributed by atoms with Crippen molar-refractivity contribution in [2.45, 2.75) is 117 Å². The summed E-state index contributed by atoms with van der Waals surface area (Å²) < 4.78 is 11.9. The van der Waals surface area contributed by atoms with Gasteiger partial charge in [-0.25, -0.2) is 9.97 Å². The standard InChI is InChI=1S/C35H50N2O2/c1-3-5-7-9-11-12-13-15-17-31-27-36-35(37-28-31)32-20-24-34(25-21-32)39-29-30-18-22-33(23-19-30)38-26-16-14-10-8-6-4-2/h18-25,27-28H,3-17,26,29H2,1-2H3. The molecule has 4 nitrogen and oxygen atoms in total. The number of nitrogens with zero attached hydrogens (tertiary/aromatic N) is 2. The summed E-state index contributed by atoms with van der Waals surface area (Å²) in [7, 11) is 0. The molecule has 0 saturated carbocycles. The zero-order valence-corrected chi connectivity index (χ0v) is 24.5. The monoisotopic (exact) mass is 530 g/mol. The molecular weight excluding hydrogens is 480 g/mol. The smallest absolute Gasteiger partial charge is 0.159 e. The number of benzene rings is 2. The maximum atomic E-state index is 6.00. The molecule has 0 aliphatic rings. The van der Waals surface area contributed by atoms with Gasteiger partial charge < -0.3 is 9.47 Å². The van der Waals surface area contributed by atoms with E-state index in [1.807, 2.05) is 48.8 Å². The average molecular weight is 531 g/mol. The first-order valence-electron chi connectivity index (χ1n) is 15.5. The Morgan fingerprint density at radius 2 is 1.03 bits per heavy atom. The summed E-state index contributed by atoms with van der Waals surface area (Å²) in [6.45, 7) is 5.84. The van der Waals surface area contributed by atoms with E-state index in [9.17, 15) is 0 Å². The Labute approximate surface area is 237 Å². The first-order valence-corrected chi connectivity index (χ1v) is 15.5. The molecule has 0 saturated heterocycles. The van der Waals surface area contributed by atoms with E-state index in [4.69, 9.17) is 9.47 Å². The molecule has 1 heterocycles. The molecule has 212 valence electrons. The Bertz CT molecular complexity index is 1000. The van der Waals surface area contributed by atoms with Crippen LogP contribution >= 0.6 is 0 Å². The minimum atomic E-state index is 0.529. The predicted octanol–water partition coefficient (Wildman–Crippen LogP) is 10.1. The lowest BCUT2D eigenvalue weighted by atomic mass is 10.1. The second kappa shape index (κ2) is 19.2. The molecule has 4 heteroatoms. The fraction of sp³-hybridized carbons (Fsp3) is 0.543. The molecule has 0 N–H and O–H groups in total. The first-order chi connectivity index (χ1) is 19.3. The van der Waals surface area contributed by atoms with Gasteiger partial charge in [-0.05, 0) is 66.8 Å². The molecule has 0 amide bonds. The van der Waals surface area contributed by atoms with Crippen molar-refractivity contribution in [3.63, 3.8) is 0 Å². The molecule has 0 bridgehead atoms. The maximum Gasteiger partial charge on any atom is 0.159 e. The zero-order chi connectivity index (χ0) is 27.4. The van der Waals surface area contributed by atoms with Gasteiger partial charge in [0.1, 0.15) is 18.1 Å². The Kier molecular flexibility index (Phi) is 15.1. The van der Waals surface area contributed by atoms with E-state index in [0.717, 1.165) is 47.9 Å². The normalized spacial score (nSPS) is 11.0. The summed E-state index contributed by atoms with van der Waals surface area (Å²) in [5.74, 6) is 2.53. The number of hydrogen-bond acceptors (Lipinski definition) is 4. The molecule has 3 rings (SSSR count). The van der Waals surface area contributed by atoms with Gasteiger partial charge in [0.2, 0.25) is 0 Å². The quantitative estimate of drug-likeness (QED) is 0.129. The van der Waals surface area contributed by atoms with Crippen LogP contribution in [0.4, 0.5) is 0 Å². The van der Waals surface area contributed by atoms with Crippen molar-refractivity contribution in [3.8, 4) is 22.9 Å². The fourth-order valence-corrected chi connectivity index (χ4v) is 4.72. The molecule has 0 fully saturated rings. The highest BCUT2D eigenvalue weighted by Crippen LogP contribution is 2.21. The lowest BCUT2D eigenvalue weighted by Crippen LogP contribution is -1.99. The van der Waals surface area contributed by atoms with Gasteiger partial charge in [-0.1, -0.05) is 103 Å². The SMILES string of the molecule is CCCCCCCCCCc1cnc(-c2ccc(OCc3ccc(OCCCCCCCC)cc3)cc2)nc1. The van der Waals surface area contributed by atoms with E-state index in [0.29, 0.717) is 6.61 Å². The summed E-state index contributed by atoms with van der Waals surface area (Å²) >= 11 is 0. The van der Waals surface area contributed by atoms with Crippen molar-refractivity contribution < 1.29 is 9.47 Å². The van der Waals surface area contributed by atoms with Gasteiger partial charge in [-0.15, -0.1) is 0 Å². The van der Waals surface area contributed by atoms with Crippen LogP contribution in [0.25, 0.3) is 11.4 Å². The van der Waals surface area contributed by atoms with Crippen molar-refractivity contribution >= 4 is 0 Å². The minimum Gasteiger partial charge on any atom is -0.494 e. The summed E-state index contributed by atoms with van der Waals surface area (Å²) in [6, 6.07) is 16.3. The van der Waals surface area contributed by atoms with Gasteiger partial charge in [0.25, 0.3) is 0 Å². The van der Waals surface area contributed by atoms with E-state index in [1.165, 1.54) is 89.0 Å². The van der Waals surface area contributed by atoms with Gasteiger partial charge in [0.05, 0.1) is 6.61 Å². The molecule has 0 aliphatic heterocycles. The van der Waals surface area contributed by atoms with Crippen LogP contribution < -0.4 is 9.47 Å². The van der Waals surface area contributed by atoms with Gasteiger partial charge in [-0.3, -0.25) is 0 Å². The zero-order valence-electron chi connectivity index (χ0n) is 24.5. The van der Waals surface area contributed by atoms with Gasteiger partial charge in [0.15, 0.2) is 5.82 Å². The number of aryl methyl sites for hydroxylation is 1. The third-order valence-electron chi connectivity index (χ3n) is 7.23. The number of rotatable bonds is 21. The molecule has 1 aromatic heterocycles. The van der Waals surface area contributed by atoms with Crippen LogP contribution in [0.5, 0.6) is 11.5 Å². The van der Waals surface area contributed by atoms with E-state index in [-0.39, 0.29) is 0 Å². The van der Waals surface area contributed by atoms with Gasteiger partial charge in [-0.2, -0.15) is 0 Å². The Morgan fingerprint density at radius 3 is 1.64 bits per heavy atom. The van der Waals surface area contributed by atoms with E-state index in [1.54, 1.807) is 0 Å². The van der Waals surface area contributed by atoms with Crippen LogP contribution in [0.15, 0.2) is 60.9 Å². The molecular formula is C35H50N2O2. The summed E-state index contributed by atoms with van der Waals surface area (Å²) in [4.78, 5) is 9.22. The number of aromatic nitrogens is 2. The van der Waals surface area contributed by atoms with Crippen LogP contribution in [0.1, 0.15) is 115 Å². The summed E-state index contributed by atoms with van der Waals surface area (Å²) in [5.41, 5.74) is 3.36. The van der Waals surface area contributed by atoms with Gasteiger partial charge in [0, 0.05) is 18.0 Å². The van der Waals surface area contributed by atoms with Crippen LogP contribution in [-0.4, -0.2) is 16.6 Å². The van der Waals surface area contributed by atoms with Crippen molar-refractivity contribution in [1.29, 1.82) is 0 Å². The first kappa shape index (κ1) is 30.7. The molecule has 3 aromatic rings. The third kappa shape index (κ3) is 12.7. The Morgan fingerprint density at radius 1 is 0.513 bits per heavy atom. The van der Waals surface area contributed by atoms with Crippen LogP contribution in [-0.2, 0) is 13.0 Å². The van der Waals surface area contributed by atoms with Crippen LogP contribution in [0, 0.1) is 0 Å². The maximum absolute atomic E-state index is 6.00. The van der Waals surface area contributed by atoms with Crippen molar-refractivity contribution in [3.05, 3.63) is 72.1 Å². The average Bonchev–Trinajstić information content (AvgIpc) is 2.98. The molecule has 0 radical (unpaired) electrons. The topological polar surface area (TPSA) is 44.2 Å². The Balaban J connectivity index is 1.33. The van der Waals surface area contributed by atoms with E-state index in [2.05, 4.69) is 35.9 Å². The largest absolute Gasteiger partial charge is 0.494 e. The van der Waals surface area contributed by atoms with E-state index >= 15 is 0 Å². The number of hydrogen-bond donors (Lipinski definition) is 0. The third-order valence-corrected chi connectivity index (χ3v) is 7.23. The van der Waals surface area contributed by atoms with Crippen molar-refractivity contribution in [1.82, 2.24) is 9.97 Å². The van der Waals surface area contributed by atoms with E-state index < -0.39 is 0 Å². The second-order valence-electron chi connectivity index (χ2n) is 10.7. The van der Waals surface area contributed by atoms with Crippen LogP contribution in [0.3, 0.4) is 0 Å². The molecule has 39 heavy (non-hydrogen) atoms. The highest BCUT2D eigenvalue weighted by atomic mass is 16.5. The summed E-state index contributed by atoms with van der Waals surface area (Å²) in [5, 5.41) is 0. The summed E-state index contributed by atoms with van der Waals surface area (Å²) in [6.07, 6.45) is 23.4. The highest BCUT2D eigenvalue weighted by Gasteiger charge is 2.04. The number of unbranched alkanes of at least 4 members (excludes halogenated alkanes) is 12. The molecule has 0 atom stereocenters. The Hall–Kier alpha value is -2.88. The highest BCUT2D eigenvalue weighted by molar-refractivity contribution is 5.55.